The summed E-state index contributed by atoms with van der Waals surface area (Å²) in [6.45, 7) is 2.70. The van der Waals surface area contributed by atoms with Gasteiger partial charge in [-0.05, 0) is 29.8 Å². The fourth-order valence-electron chi connectivity index (χ4n) is 3.29. The Bertz CT molecular complexity index is 1020. The number of urea groups is 1. The highest BCUT2D eigenvalue weighted by Gasteiger charge is 2.21. The van der Waals surface area contributed by atoms with Crippen LogP contribution in [0.5, 0.6) is 0 Å². The van der Waals surface area contributed by atoms with Crippen LogP contribution in [0.15, 0.2) is 54.6 Å². The first-order valence-corrected chi connectivity index (χ1v) is 10.1. The molecule has 0 saturated heterocycles. The molecule has 2 aromatic carbocycles. The molecule has 0 unspecified atom stereocenters. The zero-order valence-electron chi connectivity index (χ0n) is 15.7. The third-order valence-corrected chi connectivity index (χ3v) is 5.69. The Hall–Kier alpha value is -3.23. The van der Waals surface area contributed by atoms with Crippen molar-refractivity contribution in [2.75, 3.05) is 17.2 Å². The van der Waals surface area contributed by atoms with Crippen LogP contribution in [0.3, 0.4) is 0 Å². The molecule has 0 aliphatic carbocycles. The van der Waals surface area contributed by atoms with Gasteiger partial charge in [0.15, 0.2) is 5.13 Å². The summed E-state index contributed by atoms with van der Waals surface area (Å²) in [4.78, 5) is 31.6. The first-order chi connectivity index (χ1) is 14.1. The maximum Gasteiger partial charge on any atom is 0.316 e. The molecule has 8 heteroatoms. The third-order valence-electron chi connectivity index (χ3n) is 4.69. The molecular weight excluding hydrogens is 386 g/mol. The molecule has 4 rings (SSSR count). The lowest BCUT2D eigenvalue weighted by Gasteiger charge is -2.25. The summed E-state index contributed by atoms with van der Waals surface area (Å²) in [5.41, 5.74) is 8.47. The van der Waals surface area contributed by atoms with Crippen molar-refractivity contribution < 1.29 is 9.59 Å². The molecule has 0 saturated carbocycles. The van der Waals surface area contributed by atoms with Gasteiger partial charge in [0.2, 0.25) is 0 Å². The van der Waals surface area contributed by atoms with Gasteiger partial charge in [-0.3, -0.25) is 15.0 Å². The number of primary amides is 1. The molecule has 148 valence electrons. The summed E-state index contributed by atoms with van der Waals surface area (Å²) >= 11 is 1.53. The second kappa shape index (κ2) is 8.42. The summed E-state index contributed by atoms with van der Waals surface area (Å²) in [7, 11) is 0. The lowest BCUT2D eigenvalue weighted by atomic mass is 10.1. The molecule has 3 aromatic rings. The summed E-state index contributed by atoms with van der Waals surface area (Å²) in [5, 5.41) is 5.96. The molecule has 1 aliphatic heterocycles. The fourth-order valence-corrected chi connectivity index (χ4v) is 4.34. The van der Waals surface area contributed by atoms with Crippen LogP contribution in [0.25, 0.3) is 0 Å². The minimum Gasteiger partial charge on any atom is -0.351 e. The van der Waals surface area contributed by atoms with Gasteiger partial charge in [-0.15, -0.1) is 11.3 Å². The predicted molar refractivity (Wildman–Crippen MR) is 114 cm³/mol. The molecule has 3 amide bonds. The van der Waals surface area contributed by atoms with E-state index >= 15 is 0 Å². The number of hydrogen-bond donors (Lipinski definition) is 3. The lowest BCUT2D eigenvalue weighted by molar-refractivity contribution is 0.102. The first-order valence-electron chi connectivity index (χ1n) is 9.29. The number of aromatic nitrogens is 1. The van der Waals surface area contributed by atoms with Crippen molar-refractivity contribution >= 4 is 34.1 Å². The van der Waals surface area contributed by atoms with Crippen molar-refractivity contribution in [1.82, 2.24) is 9.88 Å². The van der Waals surface area contributed by atoms with E-state index in [2.05, 4.69) is 44.8 Å². The number of nitrogens with one attached hydrogen (secondary N) is 2. The van der Waals surface area contributed by atoms with Crippen molar-refractivity contribution in [3.8, 4) is 0 Å². The van der Waals surface area contributed by atoms with Gasteiger partial charge in [0.1, 0.15) is 0 Å². The van der Waals surface area contributed by atoms with Gasteiger partial charge in [-0.25, -0.2) is 9.78 Å². The highest BCUT2D eigenvalue weighted by atomic mass is 32.1. The Labute approximate surface area is 172 Å². The molecular formula is C21H21N5O2S. The molecule has 0 spiro atoms. The number of thiazole rings is 1. The molecule has 4 N–H and O–H groups in total. The molecule has 29 heavy (non-hydrogen) atoms. The van der Waals surface area contributed by atoms with E-state index < -0.39 is 6.03 Å². The molecule has 2 heterocycles. The largest absolute Gasteiger partial charge is 0.351 e. The number of amides is 3. The second-order valence-corrected chi connectivity index (χ2v) is 7.94. The monoisotopic (exact) mass is 407 g/mol. The third kappa shape index (κ3) is 4.79. The average Bonchev–Trinajstić information content (AvgIpc) is 3.10. The van der Waals surface area contributed by atoms with Crippen molar-refractivity contribution in [2.24, 2.45) is 5.73 Å². The number of nitrogens with two attached hydrogens (primary N) is 1. The average molecular weight is 407 g/mol. The lowest BCUT2D eigenvalue weighted by Crippen LogP contribution is -2.29. The van der Waals surface area contributed by atoms with Gasteiger partial charge in [0.05, 0.1) is 5.69 Å². The van der Waals surface area contributed by atoms with E-state index in [1.807, 2.05) is 6.07 Å². The maximum absolute atomic E-state index is 12.5. The van der Waals surface area contributed by atoms with Crippen LogP contribution in [-0.2, 0) is 19.5 Å². The normalized spacial score (nSPS) is 13.5. The van der Waals surface area contributed by atoms with E-state index in [1.54, 1.807) is 24.3 Å². The van der Waals surface area contributed by atoms with Crippen molar-refractivity contribution in [2.45, 2.75) is 19.5 Å². The van der Waals surface area contributed by atoms with E-state index in [1.165, 1.54) is 21.8 Å². The SMILES string of the molecule is NC(=O)Nc1ccc(C(=O)Nc2nc3c(s2)CN(Cc2ccccc2)CC3)cc1. The van der Waals surface area contributed by atoms with E-state index in [9.17, 15) is 9.59 Å². The molecule has 1 aromatic heterocycles. The molecule has 0 radical (unpaired) electrons. The van der Waals surface area contributed by atoms with Crippen molar-refractivity contribution in [1.29, 1.82) is 0 Å². The second-order valence-electron chi connectivity index (χ2n) is 6.86. The molecule has 0 bridgehead atoms. The summed E-state index contributed by atoms with van der Waals surface area (Å²) in [5.74, 6) is -0.233. The van der Waals surface area contributed by atoms with Gasteiger partial charge in [0.25, 0.3) is 5.91 Å². The van der Waals surface area contributed by atoms with E-state index in [-0.39, 0.29) is 5.91 Å². The van der Waals surface area contributed by atoms with Gasteiger partial charge >= 0.3 is 6.03 Å². The summed E-state index contributed by atoms with van der Waals surface area (Å²) < 4.78 is 0. The summed E-state index contributed by atoms with van der Waals surface area (Å²) in [6.07, 6.45) is 0.877. The number of hydrogen-bond acceptors (Lipinski definition) is 5. The Balaban J connectivity index is 1.39. The van der Waals surface area contributed by atoms with Gasteiger partial charge in [-0.2, -0.15) is 0 Å². The van der Waals surface area contributed by atoms with E-state index in [0.29, 0.717) is 16.4 Å². The first kappa shape index (κ1) is 19.1. The number of carbonyl (C=O) groups is 2. The van der Waals surface area contributed by atoms with Crippen molar-refractivity contribution in [3.63, 3.8) is 0 Å². The number of anilines is 2. The quantitative estimate of drug-likeness (QED) is 0.603. The Morgan fingerprint density at radius 1 is 1.07 bits per heavy atom. The van der Waals surface area contributed by atoms with Crippen LogP contribution >= 0.6 is 11.3 Å². The number of nitrogens with zero attached hydrogens (tertiary/aromatic N) is 2. The Morgan fingerprint density at radius 3 is 2.55 bits per heavy atom. The highest BCUT2D eigenvalue weighted by Crippen LogP contribution is 2.29. The molecule has 7 nitrogen and oxygen atoms in total. The Morgan fingerprint density at radius 2 is 1.83 bits per heavy atom. The molecule has 0 fully saturated rings. The Kier molecular flexibility index (Phi) is 5.55. The van der Waals surface area contributed by atoms with Crippen LogP contribution in [0, 0.1) is 0 Å². The molecule has 1 aliphatic rings. The fraction of sp³-hybridized carbons (Fsp3) is 0.190. The standard InChI is InChI=1S/C21H21N5O2S/c22-20(28)23-16-8-6-15(7-9-16)19(27)25-21-24-17-10-11-26(13-18(17)29-21)12-14-4-2-1-3-5-14/h1-9H,10-13H2,(H3,22,23,28)(H,24,25,27). The number of carbonyl (C=O) groups excluding carboxylic acids is 2. The van der Waals surface area contributed by atoms with Gasteiger partial charge in [0, 0.05) is 42.2 Å². The van der Waals surface area contributed by atoms with Crippen LogP contribution in [0.1, 0.15) is 26.5 Å². The van der Waals surface area contributed by atoms with Crippen LogP contribution < -0.4 is 16.4 Å². The van der Waals surface area contributed by atoms with Crippen LogP contribution in [0.4, 0.5) is 15.6 Å². The summed E-state index contributed by atoms with van der Waals surface area (Å²) in [6, 6.07) is 16.3. The number of fused-ring (bicyclic) bond motifs is 1. The van der Waals surface area contributed by atoms with E-state index in [4.69, 9.17) is 5.73 Å². The predicted octanol–water partition coefficient (Wildman–Crippen LogP) is 3.44. The highest BCUT2D eigenvalue weighted by molar-refractivity contribution is 7.15. The van der Waals surface area contributed by atoms with E-state index in [0.717, 1.165) is 31.7 Å². The minimum absolute atomic E-state index is 0.233. The van der Waals surface area contributed by atoms with Crippen molar-refractivity contribution in [3.05, 3.63) is 76.3 Å². The van der Waals surface area contributed by atoms with Gasteiger partial charge < -0.3 is 11.1 Å². The molecule has 0 atom stereocenters. The number of benzene rings is 2. The van der Waals surface area contributed by atoms with Crippen LogP contribution in [-0.4, -0.2) is 28.4 Å². The zero-order valence-corrected chi connectivity index (χ0v) is 16.5. The number of rotatable bonds is 5. The maximum atomic E-state index is 12.5. The van der Waals surface area contributed by atoms with Gasteiger partial charge in [-0.1, -0.05) is 30.3 Å². The smallest absolute Gasteiger partial charge is 0.316 e. The topological polar surface area (TPSA) is 100 Å². The minimum atomic E-state index is -0.642. The zero-order chi connectivity index (χ0) is 20.2. The van der Waals surface area contributed by atoms with Crippen LogP contribution in [0.2, 0.25) is 0 Å².